The number of rotatable bonds is 7. The quantitative estimate of drug-likeness (QED) is 0.379. The fraction of sp³-hybridized carbons (Fsp3) is 0.333. The molecule has 0 amide bonds. The van der Waals surface area contributed by atoms with E-state index in [1.54, 1.807) is 12.3 Å². The van der Waals surface area contributed by atoms with Crippen LogP contribution in [0, 0.1) is 11.6 Å². The van der Waals surface area contributed by atoms with Gasteiger partial charge in [-0.3, -0.25) is 9.98 Å². The van der Waals surface area contributed by atoms with Crippen LogP contribution in [0.3, 0.4) is 0 Å². The Labute approximate surface area is 164 Å². The third-order valence-electron chi connectivity index (χ3n) is 3.43. The van der Waals surface area contributed by atoms with Crippen LogP contribution in [0.1, 0.15) is 18.2 Å². The predicted octanol–water partition coefficient (Wildman–Crippen LogP) is 3.32. The molecule has 1 aromatic heterocycles. The van der Waals surface area contributed by atoms with E-state index in [1.165, 1.54) is 6.07 Å². The topological polar surface area (TPSA) is 49.3 Å². The molecular weight excluding hydrogens is 437 g/mol. The number of hydrogen-bond acceptors (Lipinski definition) is 2. The van der Waals surface area contributed by atoms with Gasteiger partial charge in [-0.25, -0.2) is 8.78 Å². The number of nitrogens with zero attached hydrogens (tertiary/aromatic N) is 2. The molecule has 0 aliphatic rings. The summed E-state index contributed by atoms with van der Waals surface area (Å²) in [5.74, 6) is -0.940. The number of halogens is 3. The highest BCUT2D eigenvalue weighted by molar-refractivity contribution is 14.0. The van der Waals surface area contributed by atoms with Crippen molar-refractivity contribution in [2.75, 3.05) is 19.6 Å². The summed E-state index contributed by atoms with van der Waals surface area (Å²) in [6.45, 7) is 3.77. The zero-order valence-corrected chi connectivity index (χ0v) is 16.5. The van der Waals surface area contributed by atoms with Crippen LogP contribution in [0.25, 0.3) is 0 Å². The Morgan fingerprint density at radius 1 is 1.08 bits per heavy atom. The molecule has 0 saturated heterocycles. The molecule has 0 saturated carbocycles. The van der Waals surface area contributed by atoms with E-state index in [1.807, 2.05) is 25.1 Å². The van der Waals surface area contributed by atoms with Gasteiger partial charge >= 0.3 is 0 Å². The lowest BCUT2D eigenvalue weighted by Gasteiger charge is -2.11. The zero-order chi connectivity index (χ0) is 17.2. The normalized spacial score (nSPS) is 10.9. The minimum absolute atomic E-state index is 0. The van der Waals surface area contributed by atoms with Crippen molar-refractivity contribution in [3.05, 3.63) is 65.5 Å². The van der Waals surface area contributed by atoms with Crippen LogP contribution in [-0.4, -0.2) is 30.6 Å². The van der Waals surface area contributed by atoms with Gasteiger partial charge in [0.05, 0.1) is 0 Å². The van der Waals surface area contributed by atoms with Gasteiger partial charge in [0.1, 0.15) is 0 Å². The molecule has 2 aromatic rings. The first-order valence-corrected chi connectivity index (χ1v) is 8.05. The molecule has 0 bridgehead atoms. The zero-order valence-electron chi connectivity index (χ0n) is 14.1. The van der Waals surface area contributed by atoms with Gasteiger partial charge in [0, 0.05) is 37.9 Å². The first-order chi connectivity index (χ1) is 11.7. The van der Waals surface area contributed by atoms with E-state index in [9.17, 15) is 8.78 Å². The van der Waals surface area contributed by atoms with Gasteiger partial charge < -0.3 is 10.6 Å². The molecule has 0 unspecified atom stereocenters. The van der Waals surface area contributed by atoms with Crippen molar-refractivity contribution in [3.8, 4) is 0 Å². The van der Waals surface area contributed by atoms with Crippen LogP contribution < -0.4 is 10.6 Å². The molecule has 7 heteroatoms. The minimum atomic E-state index is -0.816. The van der Waals surface area contributed by atoms with Crippen molar-refractivity contribution in [2.45, 2.75) is 19.8 Å². The molecule has 25 heavy (non-hydrogen) atoms. The molecule has 0 spiro atoms. The van der Waals surface area contributed by atoms with Crippen LogP contribution in [-0.2, 0) is 12.8 Å². The van der Waals surface area contributed by atoms with Crippen LogP contribution in [0.5, 0.6) is 0 Å². The van der Waals surface area contributed by atoms with Gasteiger partial charge in [0.2, 0.25) is 0 Å². The molecule has 0 aliphatic carbocycles. The molecule has 136 valence electrons. The molecule has 2 N–H and O–H groups in total. The molecule has 1 aromatic carbocycles. The summed E-state index contributed by atoms with van der Waals surface area (Å²) in [5.41, 5.74) is 1.34. The van der Waals surface area contributed by atoms with E-state index in [0.29, 0.717) is 31.0 Å². The van der Waals surface area contributed by atoms with E-state index in [-0.39, 0.29) is 24.0 Å². The molecule has 4 nitrogen and oxygen atoms in total. The highest BCUT2D eigenvalue weighted by Gasteiger charge is 2.07. The van der Waals surface area contributed by atoms with Crippen molar-refractivity contribution in [1.29, 1.82) is 0 Å². The number of nitrogens with one attached hydrogen (secondary N) is 2. The van der Waals surface area contributed by atoms with E-state index in [2.05, 4.69) is 20.6 Å². The van der Waals surface area contributed by atoms with Crippen LogP contribution in [0.2, 0.25) is 0 Å². The highest BCUT2D eigenvalue weighted by Crippen LogP contribution is 2.11. The third kappa shape index (κ3) is 7.33. The fourth-order valence-electron chi connectivity index (χ4n) is 2.23. The van der Waals surface area contributed by atoms with Crippen molar-refractivity contribution in [1.82, 2.24) is 15.6 Å². The predicted molar refractivity (Wildman–Crippen MR) is 107 cm³/mol. The second-order valence-corrected chi connectivity index (χ2v) is 5.22. The first-order valence-electron chi connectivity index (χ1n) is 8.05. The molecule has 1 heterocycles. The number of guanidine groups is 1. The maximum atomic E-state index is 13.6. The van der Waals surface area contributed by atoms with E-state index < -0.39 is 11.6 Å². The van der Waals surface area contributed by atoms with Crippen molar-refractivity contribution < 1.29 is 8.78 Å². The highest BCUT2D eigenvalue weighted by atomic mass is 127. The van der Waals surface area contributed by atoms with Crippen molar-refractivity contribution in [3.63, 3.8) is 0 Å². The second kappa shape index (κ2) is 11.7. The summed E-state index contributed by atoms with van der Waals surface area (Å²) in [7, 11) is 0. The number of benzene rings is 1. The summed E-state index contributed by atoms with van der Waals surface area (Å²) in [6.07, 6.45) is 2.89. The fourth-order valence-corrected chi connectivity index (χ4v) is 2.23. The summed E-state index contributed by atoms with van der Waals surface area (Å²) in [4.78, 5) is 8.72. The Morgan fingerprint density at radius 2 is 1.92 bits per heavy atom. The number of aliphatic imine (C=N–C) groups is 1. The maximum Gasteiger partial charge on any atom is 0.191 e. The van der Waals surface area contributed by atoms with Crippen molar-refractivity contribution in [2.24, 2.45) is 4.99 Å². The number of aromatic nitrogens is 1. The Morgan fingerprint density at radius 3 is 2.64 bits per heavy atom. The van der Waals surface area contributed by atoms with Gasteiger partial charge in [-0.1, -0.05) is 18.2 Å². The third-order valence-corrected chi connectivity index (χ3v) is 3.43. The standard InChI is InChI=1S/C18H22F2N4.HI/c1-2-21-18(24-13-10-15-7-3-4-11-22-15)23-12-9-14-6-5-8-16(19)17(14)20;/h3-8,11H,2,9-10,12-13H2,1H3,(H2,21,23,24);1H. The van der Waals surface area contributed by atoms with Gasteiger partial charge in [0.25, 0.3) is 0 Å². The summed E-state index contributed by atoms with van der Waals surface area (Å²) >= 11 is 0. The summed E-state index contributed by atoms with van der Waals surface area (Å²) < 4.78 is 26.8. The lowest BCUT2D eigenvalue weighted by Crippen LogP contribution is -2.38. The Hall–Kier alpha value is -1.77. The summed E-state index contributed by atoms with van der Waals surface area (Å²) in [5, 5.41) is 6.26. The van der Waals surface area contributed by atoms with Crippen molar-refractivity contribution >= 4 is 29.9 Å². The average molecular weight is 460 g/mol. The second-order valence-electron chi connectivity index (χ2n) is 5.22. The Bertz CT molecular complexity index is 665. The average Bonchev–Trinajstić information content (AvgIpc) is 2.59. The SMILES string of the molecule is CCNC(=NCCc1ccccn1)NCCc1cccc(F)c1F.I. The monoisotopic (exact) mass is 460 g/mol. The lowest BCUT2D eigenvalue weighted by atomic mass is 10.1. The first kappa shape index (κ1) is 21.3. The molecule has 0 atom stereocenters. The van der Waals surface area contributed by atoms with E-state index >= 15 is 0 Å². The van der Waals surface area contributed by atoms with E-state index in [0.717, 1.165) is 24.7 Å². The summed E-state index contributed by atoms with van der Waals surface area (Å²) in [6, 6.07) is 10.0. The minimum Gasteiger partial charge on any atom is -0.357 e. The molecule has 0 radical (unpaired) electrons. The molecule has 2 rings (SSSR count). The van der Waals surface area contributed by atoms with Crippen LogP contribution >= 0.6 is 24.0 Å². The Kier molecular flexibility index (Phi) is 9.98. The largest absolute Gasteiger partial charge is 0.357 e. The van der Waals surface area contributed by atoms with Crippen LogP contribution in [0.15, 0.2) is 47.6 Å². The van der Waals surface area contributed by atoms with Gasteiger partial charge in [-0.15, -0.1) is 24.0 Å². The Balaban J connectivity index is 0.00000312. The van der Waals surface area contributed by atoms with Gasteiger partial charge in [-0.2, -0.15) is 0 Å². The van der Waals surface area contributed by atoms with Gasteiger partial charge in [0.15, 0.2) is 17.6 Å². The molecule has 0 fully saturated rings. The lowest BCUT2D eigenvalue weighted by molar-refractivity contribution is 0.498. The smallest absolute Gasteiger partial charge is 0.191 e. The number of pyridine rings is 1. The van der Waals surface area contributed by atoms with Crippen LogP contribution in [0.4, 0.5) is 8.78 Å². The van der Waals surface area contributed by atoms with E-state index in [4.69, 9.17) is 0 Å². The number of hydrogen-bond donors (Lipinski definition) is 2. The van der Waals surface area contributed by atoms with Gasteiger partial charge in [-0.05, 0) is 37.1 Å². The molecule has 0 aliphatic heterocycles. The molecular formula is C18H23F2IN4. The maximum absolute atomic E-state index is 13.6.